The van der Waals surface area contributed by atoms with Gasteiger partial charge in [0.15, 0.2) is 0 Å². The number of aromatic nitrogens is 3. The average molecular weight is 228 g/mol. The Balaban J connectivity index is 2.26. The van der Waals surface area contributed by atoms with Gasteiger partial charge < -0.3 is 5.32 Å². The van der Waals surface area contributed by atoms with Gasteiger partial charge in [0.25, 0.3) is 0 Å². The maximum absolute atomic E-state index is 12.5. The zero-order valence-electron chi connectivity index (χ0n) is 7.92. The molecule has 2 N–H and O–H groups in total. The molecule has 0 radical (unpaired) electrons. The van der Waals surface area contributed by atoms with Gasteiger partial charge in [-0.05, 0) is 12.1 Å². The number of nitrogens with zero attached hydrogens (tertiary/aromatic N) is 2. The Morgan fingerprint density at radius 2 is 2.06 bits per heavy atom. The SMILES string of the molecule is FC(F)(F)c1cn[nH]c1Nc1ccccn1. The van der Waals surface area contributed by atoms with E-state index in [9.17, 15) is 13.2 Å². The molecule has 2 heterocycles. The van der Waals surface area contributed by atoms with Crippen molar-refractivity contribution in [1.82, 2.24) is 15.2 Å². The minimum Gasteiger partial charge on any atom is -0.325 e. The molecule has 0 aliphatic carbocycles. The molecule has 7 heteroatoms. The van der Waals surface area contributed by atoms with Crippen molar-refractivity contribution in [2.45, 2.75) is 6.18 Å². The second kappa shape index (κ2) is 3.84. The van der Waals surface area contributed by atoms with Crippen LogP contribution in [-0.4, -0.2) is 15.2 Å². The van der Waals surface area contributed by atoms with Crippen LogP contribution in [-0.2, 0) is 6.18 Å². The van der Waals surface area contributed by atoms with Crippen molar-refractivity contribution in [1.29, 1.82) is 0 Å². The summed E-state index contributed by atoms with van der Waals surface area (Å²) in [5, 5.41) is 8.10. The summed E-state index contributed by atoms with van der Waals surface area (Å²) in [5.74, 6) is 0.100. The molecule has 0 aliphatic heterocycles. The van der Waals surface area contributed by atoms with E-state index in [1.54, 1.807) is 18.2 Å². The van der Waals surface area contributed by atoms with E-state index in [1.165, 1.54) is 6.20 Å². The van der Waals surface area contributed by atoms with Crippen LogP contribution in [0.1, 0.15) is 5.56 Å². The minimum atomic E-state index is -4.44. The van der Waals surface area contributed by atoms with E-state index in [0.29, 0.717) is 5.82 Å². The number of hydrogen-bond acceptors (Lipinski definition) is 3. The molecule has 0 bridgehead atoms. The molecule has 84 valence electrons. The fourth-order valence-electron chi connectivity index (χ4n) is 1.16. The zero-order chi connectivity index (χ0) is 11.6. The zero-order valence-corrected chi connectivity index (χ0v) is 7.92. The normalized spacial score (nSPS) is 11.4. The lowest BCUT2D eigenvalue weighted by Crippen LogP contribution is -2.07. The Morgan fingerprint density at radius 1 is 1.25 bits per heavy atom. The Labute approximate surface area is 88.5 Å². The topological polar surface area (TPSA) is 53.6 Å². The van der Waals surface area contributed by atoms with Crippen LogP contribution in [0.3, 0.4) is 0 Å². The summed E-state index contributed by atoms with van der Waals surface area (Å²) < 4.78 is 37.4. The molecule has 0 spiro atoms. The first-order valence-corrected chi connectivity index (χ1v) is 4.36. The average Bonchev–Trinajstić information content (AvgIpc) is 2.67. The second-order valence-electron chi connectivity index (χ2n) is 3.00. The van der Waals surface area contributed by atoms with Crippen LogP contribution in [0.5, 0.6) is 0 Å². The first-order chi connectivity index (χ1) is 7.57. The fourth-order valence-corrected chi connectivity index (χ4v) is 1.16. The van der Waals surface area contributed by atoms with E-state index in [2.05, 4.69) is 20.5 Å². The highest BCUT2D eigenvalue weighted by atomic mass is 19.4. The van der Waals surface area contributed by atoms with Crippen LogP contribution in [0.2, 0.25) is 0 Å². The van der Waals surface area contributed by atoms with Gasteiger partial charge in [-0.2, -0.15) is 18.3 Å². The number of pyridine rings is 1. The summed E-state index contributed by atoms with van der Waals surface area (Å²) in [7, 11) is 0. The van der Waals surface area contributed by atoms with Gasteiger partial charge in [-0.25, -0.2) is 4.98 Å². The van der Waals surface area contributed by atoms with Gasteiger partial charge in [-0.1, -0.05) is 6.07 Å². The number of alkyl halides is 3. The van der Waals surface area contributed by atoms with E-state index >= 15 is 0 Å². The molecule has 16 heavy (non-hydrogen) atoms. The Morgan fingerprint density at radius 3 is 2.69 bits per heavy atom. The largest absolute Gasteiger partial charge is 0.421 e. The van der Waals surface area contributed by atoms with Crippen LogP contribution >= 0.6 is 0 Å². The van der Waals surface area contributed by atoms with Gasteiger partial charge in [0.1, 0.15) is 17.2 Å². The highest BCUT2D eigenvalue weighted by molar-refractivity contribution is 5.55. The van der Waals surface area contributed by atoms with Crippen molar-refractivity contribution in [3.63, 3.8) is 0 Å². The number of hydrogen-bond donors (Lipinski definition) is 2. The number of halogens is 3. The van der Waals surface area contributed by atoms with Crippen molar-refractivity contribution in [2.24, 2.45) is 0 Å². The third-order valence-corrected chi connectivity index (χ3v) is 1.86. The van der Waals surface area contributed by atoms with Gasteiger partial charge >= 0.3 is 6.18 Å². The molecule has 2 aromatic heterocycles. The highest BCUT2D eigenvalue weighted by Gasteiger charge is 2.35. The molecule has 2 rings (SSSR count). The molecule has 0 fully saturated rings. The van der Waals surface area contributed by atoms with Crippen molar-refractivity contribution in [3.05, 3.63) is 36.2 Å². The van der Waals surface area contributed by atoms with Crippen LogP contribution in [0, 0.1) is 0 Å². The molecule has 2 aromatic rings. The van der Waals surface area contributed by atoms with E-state index in [1.807, 2.05) is 0 Å². The number of anilines is 2. The Kier molecular flexibility index (Phi) is 2.51. The summed E-state index contributed by atoms with van der Waals surface area (Å²) >= 11 is 0. The molecule has 0 saturated heterocycles. The summed E-state index contributed by atoms with van der Waals surface area (Å²) in [6.07, 6.45) is -2.23. The van der Waals surface area contributed by atoms with Crippen molar-refractivity contribution < 1.29 is 13.2 Å². The number of nitrogens with one attached hydrogen (secondary N) is 2. The van der Waals surface area contributed by atoms with Gasteiger partial charge in [-0.3, -0.25) is 5.10 Å². The fraction of sp³-hybridized carbons (Fsp3) is 0.111. The third-order valence-electron chi connectivity index (χ3n) is 1.86. The maximum Gasteiger partial charge on any atom is 0.421 e. The van der Waals surface area contributed by atoms with Crippen molar-refractivity contribution in [2.75, 3.05) is 5.32 Å². The number of H-pyrrole nitrogens is 1. The van der Waals surface area contributed by atoms with E-state index in [4.69, 9.17) is 0 Å². The molecular weight excluding hydrogens is 221 g/mol. The summed E-state index contributed by atoms with van der Waals surface area (Å²) in [6, 6.07) is 4.89. The quantitative estimate of drug-likeness (QED) is 0.830. The molecular formula is C9H7F3N4. The van der Waals surface area contributed by atoms with Gasteiger partial charge in [-0.15, -0.1) is 0 Å². The van der Waals surface area contributed by atoms with Crippen molar-refractivity contribution in [3.8, 4) is 0 Å². The first-order valence-electron chi connectivity index (χ1n) is 4.36. The molecule has 0 aromatic carbocycles. The lowest BCUT2D eigenvalue weighted by molar-refractivity contribution is -0.136. The second-order valence-corrected chi connectivity index (χ2v) is 3.00. The highest BCUT2D eigenvalue weighted by Crippen LogP contribution is 2.34. The summed E-state index contributed by atoms with van der Waals surface area (Å²) in [5.41, 5.74) is -0.849. The summed E-state index contributed by atoms with van der Waals surface area (Å²) in [4.78, 5) is 3.85. The molecule has 0 unspecified atom stereocenters. The lowest BCUT2D eigenvalue weighted by atomic mass is 10.3. The van der Waals surface area contributed by atoms with Crippen LogP contribution in [0.4, 0.5) is 24.8 Å². The van der Waals surface area contributed by atoms with Gasteiger partial charge in [0, 0.05) is 6.20 Å². The predicted molar refractivity (Wildman–Crippen MR) is 51.1 cm³/mol. The Bertz CT molecular complexity index is 463. The Hall–Kier alpha value is -2.05. The monoisotopic (exact) mass is 228 g/mol. The van der Waals surface area contributed by atoms with Gasteiger partial charge in [0.2, 0.25) is 0 Å². The van der Waals surface area contributed by atoms with Crippen molar-refractivity contribution >= 4 is 11.6 Å². The minimum absolute atomic E-state index is 0.216. The number of rotatable bonds is 2. The molecule has 4 nitrogen and oxygen atoms in total. The van der Waals surface area contributed by atoms with E-state index in [0.717, 1.165) is 6.20 Å². The van der Waals surface area contributed by atoms with Gasteiger partial charge in [0.05, 0.1) is 6.20 Å². The third kappa shape index (κ3) is 2.13. The molecule has 0 aliphatic rings. The number of aromatic amines is 1. The smallest absolute Gasteiger partial charge is 0.325 e. The molecule has 0 atom stereocenters. The van der Waals surface area contributed by atoms with Crippen LogP contribution < -0.4 is 5.32 Å². The van der Waals surface area contributed by atoms with Crippen LogP contribution in [0.15, 0.2) is 30.6 Å². The lowest BCUT2D eigenvalue weighted by Gasteiger charge is -2.08. The van der Waals surface area contributed by atoms with E-state index < -0.39 is 11.7 Å². The maximum atomic E-state index is 12.5. The van der Waals surface area contributed by atoms with E-state index in [-0.39, 0.29) is 5.82 Å². The standard InChI is InChI=1S/C9H7F3N4/c10-9(11,12)6-5-14-16-8(6)15-7-3-1-2-4-13-7/h1-5H,(H2,13,14,15,16). The summed E-state index contributed by atoms with van der Waals surface area (Å²) in [6.45, 7) is 0. The van der Waals surface area contributed by atoms with Crippen LogP contribution in [0.25, 0.3) is 0 Å². The predicted octanol–water partition coefficient (Wildman–Crippen LogP) is 2.57. The molecule has 0 saturated carbocycles. The molecule has 0 amide bonds. The first kappa shape index (κ1) is 10.5.